The lowest BCUT2D eigenvalue weighted by Crippen LogP contribution is -2.49. The number of ether oxygens (including phenoxy) is 1. The van der Waals surface area contributed by atoms with Crippen molar-refractivity contribution in [1.29, 1.82) is 0 Å². The second-order valence-electron chi connectivity index (χ2n) is 7.45. The fraction of sp³-hybridized carbons (Fsp3) is 0.632. The number of hydrogen-bond acceptors (Lipinski definition) is 3. The van der Waals surface area contributed by atoms with E-state index in [0.29, 0.717) is 12.5 Å². The Kier molecular flexibility index (Phi) is 5.63. The minimum Gasteiger partial charge on any atom is -0.374 e. The third-order valence-corrected chi connectivity index (χ3v) is 5.45. The topological polar surface area (TPSA) is 41.6 Å². The lowest BCUT2D eigenvalue weighted by atomic mass is 9.95. The first kappa shape index (κ1) is 17.9. The Morgan fingerprint density at radius 1 is 1.38 bits per heavy atom. The van der Waals surface area contributed by atoms with E-state index < -0.39 is 0 Å². The second kappa shape index (κ2) is 7.54. The number of halogens is 1. The minimum absolute atomic E-state index is 0.0992. The van der Waals surface area contributed by atoms with E-state index in [2.05, 4.69) is 52.1 Å². The van der Waals surface area contributed by atoms with Crippen LogP contribution in [0.5, 0.6) is 0 Å². The van der Waals surface area contributed by atoms with Gasteiger partial charge in [-0.3, -0.25) is 9.69 Å². The molecule has 0 aromatic heterocycles. The number of carbonyl (C=O) groups is 1. The van der Waals surface area contributed by atoms with Gasteiger partial charge in [0.1, 0.15) is 0 Å². The third kappa shape index (κ3) is 4.19. The molecule has 1 aliphatic heterocycles. The summed E-state index contributed by atoms with van der Waals surface area (Å²) in [6.45, 7) is 8.82. The summed E-state index contributed by atoms with van der Waals surface area (Å²) in [4.78, 5) is 15.2. The molecule has 0 spiro atoms. The highest BCUT2D eigenvalue weighted by molar-refractivity contribution is 9.10. The Bertz CT molecular complexity index is 569. The van der Waals surface area contributed by atoms with Crippen LogP contribution in [0.25, 0.3) is 0 Å². The highest BCUT2D eigenvalue weighted by Crippen LogP contribution is 2.48. The third-order valence-electron chi connectivity index (χ3n) is 4.92. The second-order valence-corrected chi connectivity index (χ2v) is 8.36. The van der Waals surface area contributed by atoms with Crippen LogP contribution in [0.1, 0.15) is 32.3 Å². The van der Waals surface area contributed by atoms with E-state index in [0.717, 1.165) is 49.1 Å². The van der Waals surface area contributed by atoms with E-state index >= 15 is 0 Å². The SMILES string of the molecule is CC(C)CN1CCOC(CNC(=O)C2(c3ccc(Br)cc3)CC2)C1. The van der Waals surface area contributed by atoms with Gasteiger partial charge in [-0.15, -0.1) is 0 Å². The zero-order chi connectivity index (χ0) is 17.2. The molecule has 0 bridgehead atoms. The average molecular weight is 395 g/mol. The van der Waals surface area contributed by atoms with Crippen molar-refractivity contribution in [2.45, 2.75) is 38.2 Å². The zero-order valence-electron chi connectivity index (χ0n) is 14.6. The molecule has 2 fully saturated rings. The highest BCUT2D eigenvalue weighted by atomic mass is 79.9. The van der Waals surface area contributed by atoms with E-state index in [9.17, 15) is 4.79 Å². The molecule has 1 saturated heterocycles. The van der Waals surface area contributed by atoms with Crippen LogP contribution >= 0.6 is 15.9 Å². The monoisotopic (exact) mass is 394 g/mol. The van der Waals surface area contributed by atoms with Crippen molar-refractivity contribution in [1.82, 2.24) is 10.2 Å². The molecule has 1 aromatic rings. The summed E-state index contributed by atoms with van der Waals surface area (Å²) >= 11 is 3.45. The quantitative estimate of drug-likeness (QED) is 0.806. The molecule has 1 aliphatic carbocycles. The molecule has 1 aromatic carbocycles. The molecule has 3 rings (SSSR count). The Morgan fingerprint density at radius 3 is 2.71 bits per heavy atom. The Hall–Kier alpha value is -0.910. The van der Waals surface area contributed by atoms with Crippen LogP contribution < -0.4 is 5.32 Å². The summed E-state index contributed by atoms with van der Waals surface area (Å²) in [5.74, 6) is 0.805. The van der Waals surface area contributed by atoms with Gasteiger partial charge in [-0.2, -0.15) is 0 Å². The fourth-order valence-corrected chi connectivity index (χ4v) is 3.77. The van der Waals surface area contributed by atoms with E-state index in [4.69, 9.17) is 4.74 Å². The lowest BCUT2D eigenvalue weighted by Gasteiger charge is -2.34. The van der Waals surface area contributed by atoms with Crippen LogP contribution in [-0.2, 0) is 14.9 Å². The summed E-state index contributed by atoms with van der Waals surface area (Å²) in [5.41, 5.74) is 0.807. The van der Waals surface area contributed by atoms with Crippen molar-refractivity contribution in [2.24, 2.45) is 5.92 Å². The summed E-state index contributed by atoms with van der Waals surface area (Å²) in [5, 5.41) is 3.14. The molecule has 1 atom stereocenters. The van der Waals surface area contributed by atoms with Crippen molar-refractivity contribution in [2.75, 3.05) is 32.8 Å². The molecule has 5 heteroatoms. The number of amides is 1. The molecule has 1 N–H and O–H groups in total. The number of hydrogen-bond donors (Lipinski definition) is 1. The normalized spacial score (nSPS) is 23.2. The van der Waals surface area contributed by atoms with Gasteiger partial charge >= 0.3 is 0 Å². The molecule has 1 unspecified atom stereocenters. The maximum atomic E-state index is 12.7. The fourth-order valence-electron chi connectivity index (χ4n) is 3.50. The average Bonchev–Trinajstić information content (AvgIpc) is 3.35. The summed E-state index contributed by atoms with van der Waals surface area (Å²) < 4.78 is 6.88. The van der Waals surface area contributed by atoms with Gasteiger partial charge < -0.3 is 10.1 Å². The molecule has 132 valence electrons. The van der Waals surface area contributed by atoms with Gasteiger partial charge in [-0.1, -0.05) is 41.9 Å². The van der Waals surface area contributed by atoms with Crippen molar-refractivity contribution in [3.63, 3.8) is 0 Å². The molecule has 2 aliphatic rings. The standard InChI is InChI=1S/C19H27BrN2O2/c1-14(2)12-22-9-10-24-17(13-22)11-21-18(23)19(7-8-19)15-3-5-16(20)6-4-15/h3-6,14,17H,7-13H2,1-2H3,(H,21,23). The first-order chi connectivity index (χ1) is 11.5. The van der Waals surface area contributed by atoms with E-state index in [1.807, 2.05) is 12.1 Å². The van der Waals surface area contributed by atoms with Crippen LogP contribution in [0.4, 0.5) is 0 Å². The van der Waals surface area contributed by atoms with Crippen molar-refractivity contribution < 1.29 is 9.53 Å². The van der Waals surface area contributed by atoms with E-state index in [1.54, 1.807) is 0 Å². The first-order valence-corrected chi connectivity index (χ1v) is 9.67. The smallest absolute Gasteiger partial charge is 0.230 e. The van der Waals surface area contributed by atoms with Gasteiger partial charge in [0.2, 0.25) is 5.91 Å². The van der Waals surface area contributed by atoms with Gasteiger partial charge in [0, 0.05) is 30.7 Å². The van der Waals surface area contributed by atoms with Crippen molar-refractivity contribution >= 4 is 21.8 Å². The summed E-state index contributed by atoms with van der Waals surface area (Å²) in [6, 6.07) is 8.13. The van der Waals surface area contributed by atoms with E-state index in [-0.39, 0.29) is 17.4 Å². The van der Waals surface area contributed by atoms with Crippen LogP contribution in [0.3, 0.4) is 0 Å². The van der Waals surface area contributed by atoms with Gasteiger partial charge in [0.25, 0.3) is 0 Å². The number of morpholine rings is 1. The predicted molar refractivity (Wildman–Crippen MR) is 99.1 cm³/mol. The molecule has 0 radical (unpaired) electrons. The molecule has 1 saturated carbocycles. The largest absolute Gasteiger partial charge is 0.374 e. The Morgan fingerprint density at radius 2 is 2.08 bits per heavy atom. The van der Waals surface area contributed by atoms with Crippen LogP contribution in [-0.4, -0.2) is 49.7 Å². The molecule has 1 heterocycles. The van der Waals surface area contributed by atoms with Gasteiger partial charge in [-0.25, -0.2) is 0 Å². The first-order valence-electron chi connectivity index (χ1n) is 8.88. The van der Waals surface area contributed by atoms with Crippen LogP contribution in [0, 0.1) is 5.92 Å². The van der Waals surface area contributed by atoms with Crippen molar-refractivity contribution in [3.05, 3.63) is 34.3 Å². The molecular formula is C19H27BrN2O2. The summed E-state index contributed by atoms with van der Waals surface area (Å²) in [6.07, 6.45) is 1.97. The van der Waals surface area contributed by atoms with Crippen LogP contribution in [0.15, 0.2) is 28.7 Å². The Labute approximate surface area is 153 Å². The molecule has 24 heavy (non-hydrogen) atoms. The molecular weight excluding hydrogens is 368 g/mol. The molecule has 4 nitrogen and oxygen atoms in total. The number of nitrogens with one attached hydrogen (secondary N) is 1. The van der Waals surface area contributed by atoms with Crippen molar-refractivity contribution in [3.8, 4) is 0 Å². The van der Waals surface area contributed by atoms with Gasteiger partial charge in [0.15, 0.2) is 0 Å². The maximum Gasteiger partial charge on any atom is 0.230 e. The number of rotatable bonds is 6. The molecule has 1 amide bonds. The van der Waals surface area contributed by atoms with E-state index in [1.165, 1.54) is 0 Å². The predicted octanol–water partition coefficient (Wildman–Crippen LogP) is 2.95. The van der Waals surface area contributed by atoms with Gasteiger partial charge in [-0.05, 0) is 36.5 Å². The number of carbonyl (C=O) groups excluding carboxylic acids is 1. The maximum absolute atomic E-state index is 12.7. The zero-order valence-corrected chi connectivity index (χ0v) is 16.1. The number of nitrogens with zero attached hydrogens (tertiary/aromatic N) is 1. The summed E-state index contributed by atoms with van der Waals surface area (Å²) in [7, 11) is 0. The Balaban J connectivity index is 1.53. The minimum atomic E-state index is -0.313. The number of benzene rings is 1. The van der Waals surface area contributed by atoms with Gasteiger partial charge in [0.05, 0.1) is 18.1 Å². The van der Waals surface area contributed by atoms with Crippen LogP contribution in [0.2, 0.25) is 0 Å². The lowest BCUT2D eigenvalue weighted by molar-refractivity contribution is -0.124. The highest BCUT2D eigenvalue weighted by Gasteiger charge is 2.51.